The van der Waals surface area contributed by atoms with Gasteiger partial charge in [-0.3, -0.25) is 4.90 Å². The first kappa shape index (κ1) is 22.0. The molecule has 25 heavy (non-hydrogen) atoms. The summed E-state index contributed by atoms with van der Waals surface area (Å²) in [6.45, 7) is 5.82. The van der Waals surface area contributed by atoms with Crippen molar-refractivity contribution in [2.75, 3.05) is 26.2 Å². The van der Waals surface area contributed by atoms with Gasteiger partial charge in [0.25, 0.3) is 0 Å². The molecule has 2 rings (SSSR count). The molecule has 144 valence electrons. The van der Waals surface area contributed by atoms with Gasteiger partial charge < -0.3 is 10.1 Å². The molecule has 1 aliphatic rings. The Hall–Kier alpha value is -1.05. The lowest BCUT2D eigenvalue weighted by Gasteiger charge is -2.35. The summed E-state index contributed by atoms with van der Waals surface area (Å²) in [4.78, 5) is 2.37. The fourth-order valence-electron chi connectivity index (χ4n) is 2.91. The summed E-state index contributed by atoms with van der Waals surface area (Å²) in [6.07, 6.45) is -5.21. The molecule has 1 N–H and O–H groups in total. The summed E-state index contributed by atoms with van der Waals surface area (Å²) in [5.74, 6) is -0.251. The van der Waals surface area contributed by atoms with Gasteiger partial charge in [-0.2, -0.15) is 17.6 Å². The summed E-state index contributed by atoms with van der Waals surface area (Å²) < 4.78 is 54.4. The van der Waals surface area contributed by atoms with Crippen molar-refractivity contribution < 1.29 is 22.3 Å². The molecule has 0 radical (unpaired) electrons. The van der Waals surface area contributed by atoms with Crippen LogP contribution in [-0.2, 0) is 0 Å². The van der Waals surface area contributed by atoms with Crippen LogP contribution in [0.15, 0.2) is 24.3 Å². The first-order valence-electron chi connectivity index (χ1n) is 8.33. The number of piperazine rings is 1. The van der Waals surface area contributed by atoms with Gasteiger partial charge in [-0.05, 0) is 24.1 Å². The van der Waals surface area contributed by atoms with Gasteiger partial charge in [0.1, 0.15) is 5.75 Å². The minimum Gasteiger partial charge on any atom is -0.428 e. The average molecular weight is 385 g/mol. The minimum absolute atomic E-state index is 0. The predicted molar refractivity (Wildman–Crippen MR) is 92.0 cm³/mol. The van der Waals surface area contributed by atoms with Gasteiger partial charge in [-0.1, -0.05) is 31.9 Å². The second kappa shape index (κ2) is 10.2. The molecule has 3 nitrogen and oxygen atoms in total. The standard InChI is InChI=1S/C17H24F4N2O.ClH/c1-2-3-4-15(23-11-9-22-10-12-23)13-5-7-14(8-6-13)24-17(20,21)16(18)19;/h5-8,15-16,22H,2-4,9-12H2,1H3;1H/t15-;/m1./s1. The van der Waals surface area contributed by atoms with Crippen LogP contribution < -0.4 is 10.1 Å². The number of nitrogens with zero attached hydrogens (tertiary/aromatic N) is 1. The van der Waals surface area contributed by atoms with E-state index in [4.69, 9.17) is 0 Å². The number of hydrogen-bond donors (Lipinski definition) is 1. The van der Waals surface area contributed by atoms with Gasteiger partial charge in [-0.25, -0.2) is 0 Å². The molecular formula is C17H25ClF4N2O. The molecule has 0 spiro atoms. The van der Waals surface area contributed by atoms with Crippen molar-refractivity contribution in [3.05, 3.63) is 29.8 Å². The number of alkyl halides is 4. The zero-order valence-electron chi connectivity index (χ0n) is 14.2. The Bertz CT molecular complexity index is 496. The molecule has 0 saturated carbocycles. The number of halogens is 5. The predicted octanol–water partition coefficient (Wildman–Crippen LogP) is 4.48. The quantitative estimate of drug-likeness (QED) is 0.669. The number of ether oxygens (including phenoxy) is 1. The monoisotopic (exact) mass is 384 g/mol. The van der Waals surface area contributed by atoms with E-state index in [1.807, 2.05) is 0 Å². The van der Waals surface area contributed by atoms with Crippen molar-refractivity contribution in [3.8, 4) is 5.75 Å². The van der Waals surface area contributed by atoms with Crippen LogP contribution in [0.1, 0.15) is 37.8 Å². The van der Waals surface area contributed by atoms with E-state index in [0.717, 1.165) is 51.0 Å². The number of rotatable bonds is 8. The van der Waals surface area contributed by atoms with Crippen LogP contribution in [0.3, 0.4) is 0 Å². The van der Waals surface area contributed by atoms with Crippen LogP contribution in [0, 0.1) is 0 Å². The van der Waals surface area contributed by atoms with E-state index in [-0.39, 0.29) is 24.2 Å². The largest absolute Gasteiger partial charge is 0.461 e. The van der Waals surface area contributed by atoms with Crippen LogP contribution in [0.4, 0.5) is 17.6 Å². The van der Waals surface area contributed by atoms with Crippen molar-refractivity contribution in [1.82, 2.24) is 10.2 Å². The lowest BCUT2D eigenvalue weighted by Crippen LogP contribution is -2.45. The van der Waals surface area contributed by atoms with Crippen LogP contribution >= 0.6 is 12.4 Å². The lowest BCUT2D eigenvalue weighted by molar-refractivity contribution is -0.253. The molecule has 1 fully saturated rings. The van der Waals surface area contributed by atoms with Gasteiger partial charge >= 0.3 is 12.5 Å². The van der Waals surface area contributed by atoms with E-state index in [1.165, 1.54) is 12.1 Å². The summed E-state index contributed by atoms with van der Waals surface area (Å²) >= 11 is 0. The highest BCUT2D eigenvalue weighted by Crippen LogP contribution is 2.31. The highest BCUT2D eigenvalue weighted by molar-refractivity contribution is 5.85. The summed E-state index contributed by atoms with van der Waals surface area (Å²) in [5, 5.41) is 3.31. The maximum absolute atomic E-state index is 13.0. The van der Waals surface area contributed by atoms with Crippen molar-refractivity contribution in [1.29, 1.82) is 0 Å². The van der Waals surface area contributed by atoms with Gasteiger partial charge in [0.2, 0.25) is 0 Å². The van der Waals surface area contributed by atoms with Gasteiger partial charge in [0, 0.05) is 32.2 Å². The van der Waals surface area contributed by atoms with Gasteiger partial charge in [-0.15, -0.1) is 12.4 Å². The lowest BCUT2D eigenvalue weighted by atomic mass is 9.98. The molecule has 0 bridgehead atoms. The number of benzene rings is 1. The summed E-state index contributed by atoms with van der Waals surface area (Å²) in [7, 11) is 0. The van der Waals surface area contributed by atoms with E-state index in [0.29, 0.717) is 0 Å². The Balaban J connectivity index is 0.00000312. The Kier molecular flexibility index (Phi) is 8.96. The molecule has 1 heterocycles. The molecule has 1 saturated heterocycles. The van der Waals surface area contributed by atoms with E-state index in [9.17, 15) is 17.6 Å². The third-order valence-electron chi connectivity index (χ3n) is 4.20. The molecule has 8 heteroatoms. The molecule has 1 aliphatic heterocycles. The van der Waals surface area contributed by atoms with Crippen LogP contribution in [0.25, 0.3) is 0 Å². The first-order chi connectivity index (χ1) is 11.4. The molecule has 1 atom stereocenters. The van der Waals surface area contributed by atoms with Crippen LogP contribution in [0.5, 0.6) is 5.75 Å². The van der Waals surface area contributed by atoms with Gasteiger partial charge in [0.05, 0.1) is 0 Å². The van der Waals surface area contributed by atoms with Crippen molar-refractivity contribution >= 4 is 12.4 Å². The molecule has 1 aromatic rings. The number of unbranched alkanes of at least 4 members (excludes halogenated alkanes) is 1. The van der Waals surface area contributed by atoms with E-state index >= 15 is 0 Å². The van der Waals surface area contributed by atoms with Crippen LogP contribution in [-0.4, -0.2) is 43.6 Å². The fraction of sp³-hybridized carbons (Fsp3) is 0.647. The Morgan fingerprint density at radius 2 is 1.76 bits per heavy atom. The molecule has 0 amide bonds. The molecule has 1 aromatic carbocycles. The van der Waals surface area contributed by atoms with Crippen molar-refractivity contribution in [3.63, 3.8) is 0 Å². The third-order valence-corrected chi connectivity index (χ3v) is 4.20. The second-order valence-corrected chi connectivity index (χ2v) is 5.98. The molecular weight excluding hydrogens is 360 g/mol. The number of hydrogen-bond acceptors (Lipinski definition) is 3. The van der Waals surface area contributed by atoms with E-state index in [1.54, 1.807) is 12.1 Å². The number of nitrogens with one attached hydrogen (secondary N) is 1. The highest BCUT2D eigenvalue weighted by atomic mass is 35.5. The third kappa shape index (κ3) is 6.31. The highest BCUT2D eigenvalue weighted by Gasteiger charge is 2.43. The van der Waals surface area contributed by atoms with Crippen molar-refractivity contribution in [2.45, 2.75) is 44.8 Å². The average Bonchev–Trinajstić information content (AvgIpc) is 2.57. The maximum atomic E-state index is 13.0. The normalized spacial score (nSPS) is 17.2. The zero-order valence-corrected chi connectivity index (χ0v) is 15.0. The maximum Gasteiger partial charge on any atom is 0.461 e. The van der Waals surface area contributed by atoms with E-state index in [2.05, 4.69) is 21.9 Å². The summed E-state index contributed by atoms with van der Waals surface area (Å²) in [6, 6.07) is 6.27. The Morgan fingerprint density at radius 3 is 2.28 bits per heavy atom. The molecule has 0 aromatic heterocycles. The summed E-state index contributed by atoms with van der Waals surface area (Å²) in [5.41, 5.74) is 0.998. The topological polar surface area (TPSA) is 24.5 Å². The van der Waals surface area contributed by atoms with Gasteiger partial charge in [0.15, 0.2) is 0 Å². The Morgan fingerprint density at radius 1 is 1.16 bits per heavy atom. The zero-order chi connectivity index (χ0) is 17.6. The fourth-order valence-corrected chi connectivity index (χ4v) is 2.91. The van der Waals surface area contributed by atoms with Crippen LogP contribution in [0.2, 0.25) is 0 Å². The van der Waals surface area contributed by atoms with Crippen molar-refractivity contribution in [2.24, 2.45) is 0 Å². The second-order valence-electron chi connectivity index (χ2n) is 5.98. The molecule has 0 unspecified atom stereocenters. The molecule has 0 aliphatic carbocycles. The van der Waals surface area contributed by atoms with E-state index < -0.39 is 12.5 Å². The SMILES string of the molecule is CCCC[C@H](c1ccc(OC(F)(F)C(F)F)cc1)N1CCNCC1.Cl. The smallest absolute Gasteiger partial charge is 0.428 e. The minimum atomic E-state index is -4.47. The first-order valence-corrected chi connectivity index (χ1v) is 8.33. The Labute approximate surface area is 152 Å².